The first-order chi connectivity index (χ1) is 8.67. The second kappa shape index (κ2) is 5.54. The largest absolute Gasteiger partial charge is 0.494 e. The topological polar surface area (TPSA) is 47.3 Å². The SMILES string of the molecule is CCOc1cccc(-c2nc(CO)c(Br)n2C)c1. The van der Waals surface area contributed by atoms with E-state index in [1.165, 1.54) is 0 Å². The van der Waals surface area contributed by atoms with Crippen LogP contribution in [-0.2, 0) is 13.7 Å². The van der Waals surface area contributed by atoms with Crippen LogP contribution in [0.25, 0.3) is 11.4 Å². The highest BCUT2D eigenvalue weighted by atomic mass is 79.9. The Morgan fingerprint density at radius 2 is 2.22 bits per heavy atom. The van der Waals surface area contributed by atoms with Crippen molar-refractivity contribution in [1.82, 2.24) is 9.55 Å². The van der Waals surface area contributed by atoms with Gasteiger partial charge in [0.1, 0.15) is 16.2 Å². The van der Waals surface area contributed by atoms with Crippen LogP contribution in [0.1, 0.15) is 12.6 Å². The van der Waals surface area contributed by atoms with E-state index < -0.39 is 0 Å². The monoisotopic (exact) mass is 310 g/mol. The van der Waals surface area contributed by atoms with Gasteiger partial charge >= 0.3 is 0 Å². The van der Waals surface area contributed by atoms with Crippen LogP contribution in [0.5, 0.6) is 5.75 Å². The Labute approximate surface area is 114 Å². The molecule has 0 fully saturated rings. The summed E-state index contributed by atoms with van der Waals surface area (Å²) in [5.41, 5.74) is 1.60. The van der Waals surface area contributed by atoms with Crippen molar-refractivity contribution in [2.75, 3.05) is 6.61 Å². The Morgan fingerprint density at radius 1 is 1.44 bits per heavy atom. The van der Waals surface area contributed by atoms with Crippen LogP contribution in [0.15, 0.2) is 28.9 Å². The lowest BCUT2D eigenvalue weighted by atomic mass is 10.2. The van der Waals surface area contributed by atoms with Gasteiger partial charge < -0.3 is 14.4 Å². The molecule has 1 heterocycles. The highest BCUT2D eigenvalue weighted by molar-refractivity contribution is 9.10. The summed E-state index contributed by atoms with van der Waals surface area (Å²) in [5.74, 6) is 1.62. The van der Waals surface area contributed by atoms with Gasteiger partial charge in [-0.25, -0.2) is 4.98 Å². The lowest BCUT2D eigenvalue weighted by molar-refractivity contribution is 0.276. The van der Waals surface area contributed by atoms with E-state index in [-0.39, 0.29) is 6.61 Å². The molecule has 4 nitrogen and oxygen atoms in total. The molecule has 0 atom stereocenters. The van der Waals surface area contributed by atoms with Gasteiger partial charge in [0.25, 0.3) is 0 Å². The summed E-state index contributed by atoms with van der Waals surface area (Å²) >= 11 is 3.42. The zero-order chi connectivity index (χ0) is 13.1. The second-order valence-electron chi connectivity index (χ2n) is 3.85. The minimum atomic E-state index is -0.0838. The Hall–Kier alpha value is -1.33. The lowest BCUT2D eigenvalue weighted by Gasteiger charge is -2.06. The molecule has 1 aromatic carbocycles. The number of hydrogen-bond donors (Lipinski definition) is 1. The Bertz CT molecular complexity index is 552. The normalized spacial score (nSPS) is 10.7. The van der Waals surface area contributed by atoms with Crippen molar-refractivity contribution in [3.63, 3.8) is 0 Å². The van der Waals surface area contributed by atoms with Gasteiger partial charge in [-0.3, -0.25) is 0 Å². The number of halogens is 1. The summed E-state index contributed by atoms with van der Waals surface area (Å²) in [6.45, 7) is 2.50. The molecule has 2 rings (SSSR count). The van der Waals surface area contributed by atoms with E-state index in [2.05, 4.69) is 20.9 Å². The molecular formula is C13H15BrN2O2. The first-order valence-electron chi connectivity index (χ1n) is 5.72. The molecule has 2 aromatic rings. The van der Waals surface area contributed by atoms with Crippen molar-refractivity contribution in [1.29, 1.82) is 0 Å². The van der Waals surface area contributed by atoms with Gasteiger partial charge in [0.2, 0.25) is 0 Å². The predicted molar refractivity (Wildman–Crippen MR) is 73.4 cm³/mol. The van der Waals surface area contributed by atoms with Gasteiger partial charge in [-0.15, -0.1) is 0 Å². The maximum Gasteiger partial charge on any atom is 0.141 e. The Morgan fingerprint density at radius 3 is 2.83 bits per heavy atom. The molecule has 18 heavy (non-hydrogen) atoms. The maximum atomic E-state index is 9.21. The fourth-order valence-electron chi connectivity index (χ4n) is 1.79. The number of aliphatic hydroxyl groups excluding tert-OH is 1. The third-order valence-corrected chi connectivity index (χ3v) is 3.63. The summed E-state index contributed by atoms with van der Waals surface area (Å²) in [6, 6.07) is 7.76. The van der Waals surface area contributed by atoms with Gasteiger partial charge in [-0.1, -0.05) is 12.1 Å². The Kier molecular flexibility index (Phi) is 4.04. The zero-order valence-electron chi connectivity index (χ0n) is 10.4. The van der Waals surface area contributed by atoms with E-state index in [4.69, 9.17) is 4.74 Å². The van der Waals surface area contributed by atoms with E-state index in [0.29, 0.717) is 12.3 Å². The molecule has 0 aliphatic rings. The number of hydrogen-bond acceptors (Lipinski definition) is 3. The van der Waals surface area contributed by atoms with Crippen LogP contribution in [0.4, 0.5) is 0 Å². The third-order valence-electron chi connectivity index (χ3n) is 2.64. The van der Waals surface area contributed by atoms with Crippen molar-refractivity contribution in [2.45, 2.75) is 13.5 Å². The highest BCUT2D eigenvalue weighted by Gasteiger charge is 2.13. The van der Waals surface area contributed by atoms with E-state index in [1.54, 1.807) is 0 Å². The summed E-state index contributed by atoms with van der Waals surface area (Å²) in [5, 5.41) is 9.21. The van der Waals surface area contributed by atoms with Crippen molar-refractivity contribution in [3.05, 3.63) is 34.6 Å². The second-order valence-corrected chi connectivity index (χ2v) is 4.60. The minimum absolute atomic E-state index is 0.0838. The first kappa shape index (κ1) is 13.1. The molecule has 0 spiro atoms. The molecule has 0 aliphatic heterocycles. The van der Waals surface area contributed by atoms with E-state index in [0.717, 1.165) is 21.7 Å². The van der Waals surface area contributed by atoms with Crippen molar-refractivity contribution in [2.24, 2.45) is 7.05 Å². The van der Waals surface area contributed by atoms with Crippen molar-refractivity contribution >= 4 is 15.9 Å². The molecule has 0 radical (unpaired) electrons. The summed E-state index contributed by atoms with van der Waals surface area (Å²) in [7, 11) is 1.90. The number of benzene rings is 1. The number of imidazole rings is 1. The van der Waals surface area contributed by atoms with Gasteiger partial charge in [-0.05, 0) is 35.0 Å². The molecule has 0 unspecified atom stereocenters. The Balaban J connectivity index is 2.45. The van der Waals surface area contributed by atoms with Gasteiger partial charge in [-0.2, -0.15) is 0 Å². The van der Waals surface area contributed by atoms with Crippen LogP contribution in [0.3, 0.4) is 0 Å². The molecule has 0 amide bonds. The average Bonchev–Trinajstić information content (AvgIpc) is 2.67. The summed E-state index contributed by atoms with van der Waals surface area (Å²) in [6.07, 6.45) is 0. The van der Waals surface area contributed by atoms with Crippen LogP contribution >= 0.6 is 15.9 Å². The number of aliphatic hydroxyl groups is 1. The average molecular weight is 311 g/mol. The number of aromatic nitrogens is 2. The number of rotatable bonds is 4. The van der Waals surface area contributed by atoms with E-state index in [9.17, 15) is 5.11 Å². The van der Waals surface area contributed by atoms with Crippen molar-refractivity contribution < 1.29 is 9.84 Å². The molecule has 0 aliphatic carbocycles. The van der Waals surface area contributed by atoms with Gasteiger partial charge in [0.05, 0.1) is 18.9 Å². The molecule has 1 N–H and O–H groups in total. The third kappa shape index (κ3) is 2.42. The first-order valence-corrected chi connectivity index (χ1v) is 6.51. The van der Waals surface area contributed by atoms with Crippen LogP contribution in [-0.4, -0.2) is 21.3 Å². The number of ether oxygens (including phenoxy) is 1. The van der Waals surface area contributed by atoms with Crippen LogP contribution < -0.4 is 4.74 Å². The standard InChI is InChI=1S/C13H15BrN2O2/c1-3-18-10-6-4-5-9(7-10)13-15-11(8-17)12(14)16(13)2/h4-7,17H,3,8H2,1-2H3. The van der Waals surface area contributed by atoms with Crippen LogP contribution in [0, 0.1) is 0 Å². The lowest BCUT2D eigenvalue weighted by Crippen LogP contribution is -1.95. The van der Waals surface area contributed by atoms with Crippen molar-refractivity contribution in [3.8, 4) is 17.1 Å². The van der Waals surface area contributed by atoms with E-state index >= 15 is 0 Å². The smallest absolute Gasteiger partial charge is 0.141 e. The fraction of sp³-hybridized carbons (Fsp3) is 0.308. The summed E-state index contributed by atoms with van der Waals surface area (Å²) < 4.78 is 8.17. The quantitative estimate of drug-likeness (QED) is 0.944. The van der Waals surface area contributed by atoms with Gasteiger partial charge in [0, 0.05) is 12.6 Å². The molecule has 5 heteroatoms. The molecule has 0 bridgehead atoms. The molecule has 1 aromatic heterocycles. The molecular weight excluding hydrogens is 296 g/mol. The fourth-order valence-corrected chi connectivity index (χ4v) is 2.17. The van der Waals surface area contributed by atoms with Crippen LogP contribution in [0.2, 0.25) is 0 Å². The maximum absolute atomic E-state index is 9.21. The molecule has 0 saturated heterocycles. The number of nitrogens with zero attached hydrogens (tertiary/aromatic N) is 2. The van der Waals surface area contributed by atoms with Gasteiger partial charge in [0.15, 0.2) is 0 Å². The minimum Gasteiger partial charge on any atom is -0.494 e. The van der Waals surface area contributed by atoms with E-state index in [1.807, 2.05) is 42.8 Å². The summed E-state index contributed by atoms with van der Waals surface area (Å²) in [4.78, 5) is 4.41. The zero-order valence-corrected chi connectivity index (χ0v) is 11.9. The molecule has 0 saturated carbocycles. The molecule has 96 valence electrons. The predicted octanol–water partition coefficient (Wildman–Crippen LogP) is 2.74. The highest BCUT2D eigenvalue weighted by Crippen LogP contribution is 2.27.